The third kappa shape index (κ3) is 6.34. The zero-order valence-electron chi connectivity index (χ0n) is 13.0. The molecule has 0 aromatic carbocycles. The number of amides is 2. The highest BCUT2D eigenvalue weighted by Crippen LogP contribution is 2.03. The second-order valence-electron chi connectivity index (χ2n) is 5.54. The van der Waals surface area contributed by atoms with Gasteiger partial charge in [0.1, 0.15) is 0 Å². The summed E-state index contributed by atoms with van der Waals surface area (Å²) in [5.41, 5.74) is 0. The molecule has 20 heavy (non-hydrogen) atoms. The maximum absolute atomic E-state index is 12.0. The van der Waals surface area contributed by atoms with Crippen molar-refractivity contribution in [1.29, 1.82) is 0 Å². The molecule has 0 unspecified atom stereocenters. The van der Waals surface area contributed by atoms with E-state index in [1.807, 2.05) is 4.90 Å². The highest BCUT2D eigenvalue weighted by atomic mass is 16.2. The maximum atomic E-state index is 12.0. The molecule has 0 aromatic rings. The van der Waals surface area contributed by atoms with E-state index in [0.717, 1.165) is 26.1 Å². The van der Waals surface area contributed by atoms with Crippen molar-refractivity contribution < 1.29 is 9.59 Å². The summed E-state index contributed by atoms with van der Waals surface area (Å²) in [4.78, 5) is 29.0. The van der Waals surface area contributed by atoms with E-state index in [-0.39, 0.29) is 11.8 Å². The van der Waals surface area contributed by atoms with Gasteiger partial charge in [-0.15, -0.1) is 0 Å². The largest absolute Gasteiger partial charge is 0.339 e. The monoisotopic (exact) mass is 284 g/mol. The Labute approximate surface area is 122 Å². The lowest BCUT2D eigenvalue weighted by molar-refractivity contribution is -0.138. The molecular formula is C14H28N4O2. The van der Waals surface area contributed by atoms with E-state index in [2.05, 4.69) is 24.3 Å². The molecule has 0 saturated carbocycles. The van der Waals surface area contributed by atoms with Crippen molar-refractivity contribution in [2.75, 3.05) is 59.9 Å². The highest BCUT2D eigenvalue weighted by Gasteiger charge is 2.21. The van der Waals surface area contributed by atoms with Crippen LogP contribution in [0.1, 0.15) is 19.8 Å². The molecule has 6 nitrogen and oxygen atoms in total. The first-order valence-electron chi connectivity index (χ1n) is 7.39. The molecule has 1 aliphatic heterocycles. The molecule has 0 aromatic heterocycles. The van der Waals surface area contributed by atoms with Crippen LogP contribution in [0.5, 0.6) is 0 Å². The van der Waals surface area contributed by atoms with Crippen LogP contribution in [-0.2, 0) is 9.59 Å². The first-order chi connectivity index (χ1) is 9.50. The number of nitrogens with one attached hydrogen (secondary N) is 1. The van der Waals surface area contributed by atoms with E-state index in [1.165, 1.54) is 0 Å². The Balaban J connectivity index is 2.07. The summed E-state index contributed by atoms with van der Waals surface area (Å²) in [5, 5.41) is 3.30. The summed E-state index contributed by atoms with van der Waals surface area (Å²) in [7, 11) is 4.12. The van der Waals surface area contributed by atoms with Crippen LogP contribution in [0.4, 0.5) is 0 Å². The van der Waals surface area contributed by atoms with Crippen LogP contribution in [0.15, 0.2) is 0 Å². The molecule has 1 fully saturated rings. The van der Waals surface area contributed by atoms with Crippen molar-refractivity contribution in [3.8, 4) is 0 Å². The van der Waals surface area contributed by atoms with Crippen LogP contribution in [0.3, 0.4) is 0 Å². The van der Waals surface area contributed by atoms with Crippen LogP contribution in [0, 0.1) is 0 Å². The van der Waals surface area contributed by atoms with Gasteiger partial charge in [0.25, 0.3) is 0 Å². The number of carbonyl (C=O) groups excluding carboxylic acids is 2. The van der Waals surface area contributed by atoms with Crippen LogP contribution in [0.2, 0.25) is 0 Å². The zero-order chi connectivity index (χ0) is 15.0. The van der Waals surface area contributed by atoms with E-state index in [4.69, 9.17) is 0 Å². The molecule has 0 atom stereocenters. The van der Waals surface area contributed by atoms with Crippen molar-refractivity contribution in [3.05, 3.63) is 0 Å². The minimum absolute atomic E-state index is 0.0969. The minimum atomic E-state index is 0.0969. The third-order valence-electron chi connectivity index (χ3n) is 3.55. The Morgan fingerprint density at radius 2 is 1.65 bits per heavy atom. The van der Waals surface area contributed by atoms with Gasteiger partial charge in [0.2, 0.25) is 11.8 Å². The molecule has 2 amide bonds. The molecule has 0 aliphatic carbocycles. The number of nitrogens with zero attached hydrogens (tertiary/aromatic N) is 3. The molecular weight excluding hydrogens is 256 g/mol. The molecule has 1 saturated heterocycles. The molecule has 116 valence electrons. The van der Waals surface area contributed by atoms with Gasteiger partial charge in [-0.1, -0.05) is 0 Å². The highest BCUT2D eigenvalue weighted by molar-refractivity contribution is 5.77. The molecule has 0 spiro atoms. The van der Waals surface area contributed by atoms with Gasteiger partial charge < -0.3 is 20.0 Å². The summed E-state index contributed by atoms with van der Waals surface area (Å²) in [5.74, 6) is 0.285. The normalized spacial score (nSPS) is 15.8. The van der Waals surface area contributed by atoms with Crippen LogP contribution in [-0.4, -0.2) is 86.4 Å². The predicted octanol–water partition coefficient (Wildman–Crippen LogP) is -0.391. The average Bonchev–Trinajstić information content (AvgIpc) is 2.42. The minimum Gasteiger partial charge on any atom is -0.339 e. The molecule has 1 heterocycles. The molecule has 0 radical (unpaired) electrons. The van der Waals surface area contributed by atoms with E-state index < -0.39 is 0 Å². The summed E-state index contributed by atoms with van der Waals surface area (Å²) in [6, 6.07) is 0. The summed E-state index contributed by atoms with van der Waals surface area (Å²) in [6.45, 7) is 6.98. The van der Waals surface area contributed by atoms with Gasteiger partial charge in [0.05, 0.1) is 0 Å². The topological polar surface area (TPSA) is 55.9 Å². The molecule has 1 aliphatic rings. The van der Waals surface area contributed by atoms with Gasteiger partial charge in [0.15, 0.2) is 0 Å². The van der Waals surface area contributed by atoms with Gasteiger partial charge in [-0.05, 0) is 33.6 Å². The van der Waals surface area contributed by atoms with Gasteiger partial charge in [-0.2, -0.15) is 0 Å². The lowest BCUT2D eigenvalue weighted by Gasteiger charge is -2.34. The standard InChI is InChI=1S/C14H28N4O2/c1-13(19)17-9-11-18(12-10-17)14(20)5-7-15-6-4-8-16(2)3/h15H,4-12H2,1-3H3. The van der Waals surface area contributed by atoms with Crippen molar-refractivity contribution in [3.63, 3.8) is 0 Å². The van der Waals surface area contributed by atoms with Crippen molar-refractivity contribution >= 4 is 11.8 Å². The summed E-state index contributed by atoms with van der Waals surface area (Å²) >= 11 is 0. The quantitative estimate of drug-likeness (QED) is 0.647. The maximum Gasteiger partial charge on any atom is 0.223 e. The Hall–Kier alpha value is -1.14. The second kappa shape index (κ2) is 8.92. The Kier molecular flexibility index (Phi) is 7.54. The van der Waals surface area contributed by atoms with Crippen LogP contribution < -0.4 is 5.32 Å². The predicted molar refractivity (Wildman–Crippen MR) is 79.5 cm³/mol. The number of carbonyl (C=O) groups is 2. The van der Waals surface area contributed by atoms with E-state index >= 15 is 0 Å². The average molecular weight is 284 g/mol. The first kappa shape index (κ1) is 16.9. The Morgan fingerprint density at radius 1 is 1.05 bits per heavy atom. The fraction of sp³-hybridized carbons (Fsp3) is 0.857. The fourth-order valence-corrected chi connectivity index (χ4v) is 2.27. The van der Waals surface area contributed by atoms with Gasteiger partial charge in [0, 0.05) is 46.1 Å². The Morgan fingerprint density at radius 3 is 2.20 bits per heavy atom. The first-order valence-corrected chi connectivity index (χ1v) is 7.39. The SMILES string of the molecule is CC(=O)N1CCN(C(=O)CCNCCCN(C)C)CC1. The lowest BCUT2D eigenvalue weighted by atomic mass is 10.2. The smallest absolute Gasteiger partial charge is 0.223 e. The van der Waals surface area contributed by atoms with Crippen molar-refractivity contribution in [1.82, 2.24) is 20.0 Å². The molecule has 1 N–H and O–H groups in total. The molecule has 6 heteroatoms. The van der Waals surface area contributed by atoms with E-state index in [1.54, 1.807) is 11.8 Å². The van der Waals surface area contributed by atoms with Crippen LogP contribution >= 0.6 is 0 Å². The number of rotatable bonds is 7. The van der Waals surface area contributed by atoms with Gasteiger partial charge >= 0.3 is 0 Å². The number of piperazine rings is 1. The summed E-state index contributed by atoms with van der Waals surface area (Å²) in [6.07, 6.45) is 1.64. The van der Waals surface area contributed by atoms with Crippen LogP contribution in [0.25, 0.3) is 0 Å². The summed E-state index contributed by atoms with van der Waals surface area (Å²) < 4.78 is 0. The Bertz CT molecular complexity index is 312. The van der Waals surface area contributed by atoms with Gasteiger partial charge in [-0.3, -0.25) is 9.59 Å². The van der Waals surface area contributed by atoms with E-state index in [9.17, 15) is 9.59 Å². The fourth-order valence-electron chi connectivity index (χ4n) is 2.27. The molecule has 0 bridgehead atoms. The van der Waals surface area contributed by atoms with E-state index in [0.29, 0.717) is 32.6 Å². The number of hydrogen-bond acceptors (Lipinski definition) is 4. The third-order valence-corrected chi connectivity index (χ3v) is 3.55. The lowest BCUT2D eigenvalue weighted by Crippen LogP contribution is -2.50. The van der Waals surface area contributed by atoms with Crippen molar-refractivity contribution in [2.24, 2.45) is 0 Å². The number of hydrogen-bond donors (Lipinski definition) is 1. The van der Waals surface area contributed by atoms with Crippen molar-refractivity contribution in [2.45, 2.75) is 19.8 Å². The second-order valence-corrected chi connectivity index (χ2v) is 5.54. The molecule has 1 rings (SSSR count). The van der Waals surface area contributed by atoms with Gasteiger partial charge in [-0.25, -0.2) is 0 Å². The zero-order valence-corrected chi connectivity index (χ0v) is 13.0.